The van der Waals surface area contributed by atoms with Crippen molar-refractivity contribution < 1.29 is 4.74 Å². The van der Waals surface area contributed by atoms with Crippen molar-refractivity contribution in [1.82, 2.24) is 9.97 Å². The highest BCUT2D eigenvalue weighted by atomic mass is 127. The van der Waals surface area contributed by atoms with Crippen LogP contribution in [-0.2, 0) is 6.54 Å². The molecule has 1 aromatic heterocycles. The third kappa shape index (κ3) is 2.82. The standard InChI is InChI=1S/C11H9ClIN3O2/c12-8-3-7(2-1-6(8)4-14)18-11-9(13)10(17)15-5-16-11/h1-3,5H,4,14H2,(H,15,16,17). The fourth-order valence-corrected chi connectivity index (χ4v) is 1.96. The van der Waals surface area contributed by atoms with Gasteiger partial charge in [-0.1, -0.05) is 17.7 Å². The van der Waals surface area contributed by atoms with Crippen molar-refractivity contribution in [3.8, 4) is 11.6 Å². The molecule has 0 aliphatic heterocycles. The molecule has 0 unspecified atom stereocenters. The molecule has 0 bridgehead atoms. The van der Waals surface area contributed by atoms with Crippen molar-refractivity contribution in [3.63, 3.8) is 0 Å². The summed E-state index contributed by atoms with van der Waals surface area (Å²) in [6, 6.07) is 5.15. The van der Waals surface area contributed by atoms with Crippen LogP contribution in [0.3, 0.4) is 0 Å². The summed E-state index contributed by atoms with van der Waals surface area (Å²) >= 11 is 7.89. The Kier molecular flexibility index (Phi) is 4.20. The first-order valence-electron chi connectivity index (χ1n) is 5.01. The quantitative estimate of drug-likeness (QED) is 0.804. The predicted octanol–water partition coefficient (Wildman–Crippen LogP) is 2.28. The van der Waals surface area contributed by atoms with Crippen LogP contribution < -0.4 is 16.0 Å². The molecule has 5 nitrogen and oxygen atoms in total. The van der Waals surface area contributed by atoms with Crippen molar-refractivity contribution in [2.45, 2.75) is 6.54 Å². The van der Waals surface area contributed by atoms with Gasteiger partial charge in [-0.05, 0) is 40.3 Å². The second-order valence-corrected chi connectivity index (χ2v) is 4.90. The number of aromatic amines is 1. The molecule has 94 valence electrons. The largest absolute Gasteiger partial charge is 0.438 e. The molecular formula is C11H9ClIN3O2. The molecule has 0 amide bonds. The monoisotopic (exact) mass is 377 g/mol. The maximum atomic E-state index is 11.4. The van der Waals surface area contributed by atoms with E-state index in [4.69, 9.17) is 22.1 Å². The molecule has 1 aromatic carbocycles. The summed E-state index contributed by atoms with van der Waals surface area (Å²) in [7, 11) is 0. The second-order valence-electron chi connectivity index (χ2n) is 3.41. The zero-order valence-electron chi connectivity index (χ0n) is 9.11. The highest BCUT2D eigenvalue weighted by Gasteiger charge is 2.08. The fourth-order valence-electron chi connectivity index (χ4n) is 1.31. The minimum atomic E-state index is -0.245. The van der Waals surface area contributed by atoms with Crippen molar-refractivity contribution in [2.24, 2.45) is 5.73 Å². The van der Waals surface area contributed by atoms with Crippen LogP contribution in [0.1, 0.15) is 5.56 Å². The maximum absolute atomic E-state index is 11.4. The molecule has 2 rings (SSSR count). The topological polar surface area (TPSA) is 81.0 Å². The highest BCUT2D eigenvalue weighted by molar-refractivity contribution is 14.1. The van der Waals surface area contributed by atoms with Gasteiger partial charge in [0.25, 0.3) is 5.56 Å². The number of nitrogens with two attached hydrogens (primary N) is 1. The fraction of sp³-hybridized carbons (Fsp3) is 0.0909. The van der Waals surface area contributed by atoms with E-state index in [2.05, 4.69) is 9.97 Å². The van der Waals surface area contributed by atoms with Crippen molar-refractivity contribution in [3.05, 3.63) is 49.0 Å². The minimum absolute atomic E-state index is 0.245. The van der Waals surface area contributed by atoms with Crippen molar-refractivity contribution in [1.29, 1.82) is 0 Å². The number of hydrogen-bond donors (Lipinski definition) is 2. The average molecular weight is 378 g/mol. The molecular weight excluding hydrogens is 368 g/mol. The van der Waals surface area contributed by atoms with E-state index >= 15 is 0 Å². The van der Waals surface area contributed by atoms with Crippen LogP contribution in [0.4, 0.5) is 0 Å². The van der Waals surface area contributed by atoms with E-state index in [1.165, 1.54) is 6.33 Å². The molecule has 0 saturated carbocycles. The summed E-state index contributed by atoms with van der Waals surface area (Å²) in [5.41, 5.74) is 6.10. The van der Waals surface area contributed by atoms with Crippen molar-refractivity contribution >= 4 is 34.2 Å². The Balaban J connectivity index is 2.32. The lowest BCUT2D eigenvalue weighted by molar-refractivity contribution is 0.456. The van der Waals surface area contributed by atoms with Gasteiger partial charge >= 0.3 is 0 Å². The number of hydrogen-bond acceptors (Lipinski definition) is 4. The molecule has 0 aliphatic rings. The van der Waals surface area contributed by atoms with Gasteiger partial charge in [0.1, 0.15) is 9.32 Å². The van der Waals surface area contributed by atoms with Crippen LogP contribution in [0.5, 0.6) is 11.6 Å². The molecule has 1 heterocycles. The van der Waals surface area contributed by atoms with Crippen molar-refractivity contribution in [2.75, 3.05) is 0 Å². The van der Waals surface area contributed by atoms with Gasteiger partial charge in [0.05, 0.1) is 6.33 Å². The number of benzene rings is 1. The third-order valence-electron chi connectivity index (χ3n) is 2.22. The summed E-state index contributed by atoms with van der Waals surface area (Å²) in [6.07, 6.45) is 1.29. The SMILES string of the molecule is NCc1ccc(Oc2nc[nH]c(=O)c2I)cc1Cl. The van der Waals surface area contributed by atoms with E-state index in [1.54, 1.807) is 18.2 Å². The van der Waals surface area contributed by atoms with Crippen LogP contribution in [0.25, 0.3) is 0 Å². The maximum Gasteiger partial charge on any atom is 0.268 e. The molecule has 0 radical (unpaired) electrons. The number of halogens is 2. The zero-order valence-corrected chi connectivity index (χ0v) is 12.0. The van der Waals surface area contributed by atoms with E-state index < -0.39 is 0 Å². The molecule has 7 heteroatoms. The Morgan fingerprint density at radius 3 is 2.94 bits per heavy atom. The molecule has 0 atom stereocenters. The lowest BCUT2D eigenvalue weighted by Crippen LogP contribution is -2.11. The summed E-state index contributed by atoms with van der Waals surface area (Å²) < 4.78 is 5.89. The Bertz CT molecular complexity index is 630. The van der Waals surface area contributed by atoms with Gasteiger partial charge in [-0.3, -0.25) is 4.79 Å². The number of H-pyrrole nitrogens is 1. The summed E-state index contributed by atoms with van der Waals surface area (Å²) in [5.74, 6) is 0.754. The Labute approximate surface area is 121 Å². The van der Waals surface area contributed by atoms with Gasteiger partial charge in [0, 0.05) is 11.6 Å². The molecule has 0 aliphatic carbocycles. The number of rotatable bonds is 3. The summed E-state index contributed by atoms with van der Waals surface area (Å²) in [4.78, 5) is 17.8. The van der Waals surface area contributed by atoms with Crippen LogP contribution in [0, 0.1) is 3.57 Å². The minimum Gasteiger partial charge on any atom is -0.438 e. The molecule has 2 aromatic rings. The lowest BCUT2D eigenvalue weighted by atomic mass is 10.2. The summed E-state index contributed by atoms with van der Waals surface area (Å²) in [6.45, 7) is 0.361. The van der Waals surface area contributed by atoms with Gasteiger partial charge < -0.3 is 15.5 Å². The normalized spacial score (nSPS) is 10.4. The van der Waals surface area contributed by atoms with Crippen LogP contribution in [-0.4, -0.2) is 9.97 Å². The predicted molar refractivity (Wildman–Crippen MR) is 77.0 cm³/mol. The smallest absolute Gasteiger partial charge is 0.268 e. The molecule has 18 heavy (non-hydrogen) atoms. The highest BCUT2D eigenvalue weighted by Crippen LogP contribution is 2.26. The number of ether oxygens (including phenoxy) is 1. The van der Waals surface area contributed by atoms with Crippen LogP contribution >= 0.6 is 34.2 Å². The Morgan fingerprint density at radius 2 is 2.28 bits per heavy atom. The first kappa shape index (κ1) is 13.3. The molecule has 0 fully saturated rings. The second kappa shape index (κ2) is 5.68. The van der Waals surface area contributed by atoms with Crippen LogP contribution in [0.2, 0.25) is 5.02 Å². The summed E-state index contributed by atoms with van der Waals surface area (Å²) in [5, 5.41) is 0.523. The molecule has 0 saturated heterocycles. The first-order chi connectivity index (χ1) is 8.61. The Morgan fingerprint density at radius 1 is 1.50 bits per heavy atom. The van der Waals surface area contributed by atoms with E-state index in [0.717, 1.165) is 5.56 Å². The Hall–Kier alpha value is -1.12. The van der Waals surface area contributed by atoms with Gasteiger partial charge in [0.15, 0.2) is 0 Å². The number of aromatic nitrogens is 2. The average Bonchev–Trinajstić information content (AvgIpc) is 2.35. The van der Waals surface area contributed by atoms with E-state index in [-0.39, 0.29) is 11.4 Å². The van der Waals surface area contributed by atoms with Gasteiger partial charge in [-0.15, -0.1) is 0 Å². The van der Waals surface area contributed by atoms with E-state index in [9.17, 15) is 4.79 Å². The van der Waals surface area contributed by atoms with Crippen LogP contribution in [0.15, 0.2) is 29.3 Å². The van der Waals surface area contributed by atoms with Gasteiger partial charge in [0.2, 0.25) is 5.88 Å². The lowest BCUT2D eigenvalue weighted by Gasteiger charge is -2.07. The number of nitrogens with one attached hydrogen (secondary N) is 1. The zero-order chi connectivity index (χ0) is 13.1. The van der Waals surface area contributed by atoms with E-state index in [1.807, 2.05) is 22.6 Å². The van der Waals surface area contributed by atoms with E-state index in [0.29, 0.717) is 20.9 Å². The van der Waals surface area contributed by atoms with Gasteiger partial charge in [-0.25, -0.2) is 4.98 Å². The first-order valence-corrected chi connectivity index (χ1v) is 6.47. The number of nitrogens with zero attached hydrogens (tertiary/aromatic N) is 1. The third-order valence-corrected chi connectivity index (χ3v) is 3.53. The molecule has 3 N–H and O–H groups in total. The van der Waals surface area contributed by atoms with Gasteiger partial charge in [-0.2, -0.15) is 0 Å². The molecule has 0 spiro atoms.